The summed E-state index contributed by atoms with van der Waals surface area (Å²) in [5.74, 6) is 2.38. The van der Waals surface area contributed by atoms with Crippen LogP contribution in [0.4, 0.5) is 0 Å². The number of methoxy groups -OCH3 is 1. The molecule has 0 fully saturated rings. The number of ether oxygens (including phenoxy) is 1. The molecule has 2 aliphatic heterocycles. The van der Waals surface area contributed by atoms with E-state index in [4.69, 9.17) is 4.74 Å². The average molecular weight is 301 g/mol. The van der Waals surface area contributed by atoms with Crippen LogP contribution in [0.5, 0.6) is 5.75 Å². The molecule has 0 aliphatic carbocycles. The third-order valence-corrected chi connectivity index (χ3v) is 4.66. The van der Waals surface area contributed by atoms with E-state index in [1.54, 1.807) is 7.11 Å². The molecule has 4 heteroatoms. The van der Waals surface area contributed by atoms with Crippen LogP contribution in [0.3, 0.4) is 0 Å². The number of carbonyl (C=O) groups is 1. The smallest absolute Gasteiger partial charge is 0.247 e. The number of ketones is 1. The standard InChI is InChI=1S/C18H25N2O2/c1-22-16-9-7-15(8-10-16)17(21)14-20-13-5-12-19-11-4-2-3-6-18(19)20/h7-10H,2-6,11-14H2,1H3/q+1. The largest absolute Gasteiger partial charge is 0.497 e. The summed E-state index contributed by atoms with van der Waals surface area (Å²) in [5, 5.41) is 0. The molecule has 22 heavy (non-hydrogen) atoms. The number of hydrogen-bond donors (Lipinski definition) is 0. The lowest BCUT2D eigenvalue weighted by Gasteiger charge is -2.25. The van der Waals surface area contributed by atoms with Crippen LogP contribution in [-0.4, -0.2) is 54.4 Å². The first-order valence-corrected chi connectivity index (χ1v) is 8.31. The number of amidine groups is 1. The highest BCUT2D eigenvalue weighted by molar-refractivity contribution is 5.99. The van der Waals surface area contributed by atoms with Crippen molar-refractivity contribution in [1.82, 2.24) is 4.90 Å². The molecule has 0 amide bonds. The minimum Gasteiger partial charge on any atom is -0.497 e. The van der Waals surface area contributed by atoms with E-state index in [9.17, 15) is 4.79 Å². The van der Waals surface area contributed by atoms with Gasteiger partial charge in [0.15, 0.2) is 0 Å². The Morgan fingerprint density at radius 3 is 2.68 bits per heavy atom. The fraction of sp³-hybridized carbons (Fsp3) is 0.556. The second kappa shape index (κ2) is 6.95. The minimum atomic E-state index is 0.196. The van der Waals surface area contributed by atoms with Crippen molar-refractivity contribution in [2.45, 2.75) is 32.1 Å². The molecule has 0 bridgehead atoms. The molecular formula is C18H25N2O2+. The van der Waals surface area contributed by atoms with Crippen LogP contribution in [-0.2, 0) is 0 Å². The Kier molecular flexibility index (Phi) is 4.76. The zero-order valence-corrected chi connectivity index (χ0v) is 13.4. The van der Waals surface area contributed by atoms with E-state index in [-0.39, 0.29) is 5.78 Å². The topological polar surface area (TPSA) is 32.5 Å². The van der Waals surface area contributed by atoms with Gasteiger partial charge in [-0.3, -0.25) is 14.3 Å². The van der Waals surface area contributed by atoms with Gasteiger partial charge in [0, 0.05) is 18.4 Å². The normalized spacial score (nSPS) is 18.7. The maximum Gasteiger partial charge on any atom is 0.247 e. The second-order valence-corrected chi connectivity index (χ2v) is 6.14. The molecule has 0 N–H and O–H groups in total. The van der Waals surface area contributed by atoms with Crippen LogP contribution in [0.1, 0.15) is 42.5 Å². The fourth-order valence-corrected chi connectivity index (χ4v) is 3.44. The Balaban J connectivity index is 1.72. The lowest BCUT2D eigenvalue weighted by molar-refractivity contribution is -0.538. The van der Waals surface area contributed by atoms with E-state index in [2.05, 4.69) is 9.48 Å². The van der Waals surface area contributed by atoms with Crippen molar-refractivity contribution in [1.29, 1.82) is 0 Å². The maximum absolute atomic E-state index is 12.6. The van der Waals surface area contributed by atoms with E-state index < -0.39 is 0 Å². The molecule has 0 saturated carbocycles. The van der Waals surface area contributed by atoms with E-state index in [0.717, 1.165) is 43.8 Å². The van der Waals surface area contributed by atoms with E-state index in [1.165, 1.54) is 25.1 Å². The molecule has 0 radical (unpaired) electrons. The van der Waals surface area contributed by atoms with Gasteiger partial charge in [0.2, 0.25) is 11.6 Å². The van der Waals surface area contributed by atoms with Gasteiger partial charge in [-0.1, -0.05) is 0 Å². The minimum absolute atomic E-state index is 0.196. The van der Waals surface area contributed by atoms with Crippen molar-refractivity contribution in [3.8, 4) is 5.75 Å². The van der Waals surface area contributed by atoms with Crippen molar-refractivity contribution in [2.24, 2.45) is 0 Å². The van der Waals surface area contributed by atoms with E-state index in [0.29, 0.717) is 6.54 Å². The Morgan fingerprint density at radius 1 is 1.14 bits per heavy atom. The molecule has 0 saturated heterocycles. The predicted molar refractivity (Wildman–Crippen MR) is 87.0 cm³/mol. The zero-order chi connectivity index (χ0) is 15.4. The van der Waals surface area contributed by atoms with Gasteiger partial charge in [-0.25, -0.2) is 0 Å². The fourth-order valence-electron chi connectivity index (χ4n) is 3.44. The quantitative estimate of drug-likeness (QED) is 0.633. The van der Waals surface area contributed by atoms with Crippen LogP contribution >= 0.6 is 0 Å². The van der Waals surface area contributed by atoms with Crippen molar-refractivity contribution in [3.63, 3.8) is 0 Å². The molecule has 0 aromatic heterocycles. The Bertz CT molecular complexity index is 563. The van der Waals surface area contributed by atoms with Crippen LogP contribution < -0.4 is 4.74 Å². The van der Waals surface area contributed by atoms with Gasteiger partial charge < -0.3 is 4.74 Å². The highest BCUT2D eigenvalue weighted by Gasteiger charge is 2.30. The third-order valence-electron chi connectivity index (χ3n) is 4.66. The summed E-state index contributed by atoms with van der Waals surface area (Å²) < 4.78 is 7.65. The molecule has 0 spiro atoms. The highest BCUT2D eigenvalue weighted by Crippen LogP contribution is 2.17. The van der Waals surface area contributed by atoms with Crippen LogP contribution in [0.2, 0.25) is 0 Å². The number of hydrogen-bond acceptors (Lipinski definition) is 3. The van der Waals surface area contributed by atoms with Gasteiger partial charge in [0.05, 0.1) is 26.7 Å². The summed E-state index contributed by atoms with van der Waals surface area (Å²) in [6.07, 6.45) is 6.11. The molecule has 0 atom stereocenters. The monoisotopic (exact) mass is 301 g/mol. The van der Waals surface area contributed by atoms with Crippen molar-refractivity contribution in [2.75, 3.05) is 33.3 Å². The van der Waals surface area contributed by atoms with Crippen LogP contribution in [0.15, 0.2) is 24.3 Å². The third kappa shape index (κ3) is 3.32. The number of nitrogens with zero attached hydrogens (tertiary/aromatic N) is 2. The second-order valence-electron chi connectivity index (χ2n) is 6.14. The first-order chi connectivity index (χ1) is 10.8. The van der Waals surface area contributed by atoms with E-state index in [1.807, 2.05) is 24.3 Å². The van der Waals surface area contributed by atoms with Gasteiger partial charge >= 0.3 is 0 Å². The molecule has 1 aromatic carbocycles. The SMILES string of the molecule is COc1ccc(C(=O)CN2CCC[N+]3=C2CCCCC3)cc1. The van der Waals surface area contributed by atoms with Gasteiger partial charge in [-0.15, -0.1) is 0 Å². The Hall–Kier alpha value is -1.84. The molecule has 3 rings (SSSR count). The highest BCUT2D eigenvalue weighted by atomic mass is 16.5. The summed E-state index contributed by atoms with van der Waals surface area (Å²) in [6, 6.07) is 7.43. The molecule has 4 nitrogen and oxygen atoms in total. The lowest BCUT2D eigenvalue weighted by Crippen LogP contribution is -2.46. The number of benzene rings is 1. The molecule has 2 aliphatic rings. The van der Waals surface area contributed by atoms with Gasteiger partial charge in [-0.2, -0.15) is 0 Å². The Morgan fingerprint density at radius 2 is 1.91 bits per heavy atom. The summed E-state index contributed by atoms with van der Waals surface area (Å²) >= 11 is 0. The number of rotatable bonds is 4. The lowest BCUT2D eigenvalue weighted by atomic mass is 10.1. The molecule has 2 heterocycles. The first-order valence-electron chi connectivity index (χ1n) is 8.31. The van der Waals surface area contributed by atoms with Crippen molar-refractivity contribution >= 4 is 11.6 Å². The molecule has 118 valence electrons. The van der Waals surface area contributed by atoms with Crippen molar-refractivity contribution in [3.05, 3.63) is 29.8 Å². The average Bonchev–Trinajstić information content (AvgIpc) is 2.81. The van der Waals surface area contributed by atoms with Gasteiger partial charge in [0.1, 0.15) is 12.3 Å². The molecule has 0 unspecified atom stereocenters. The number of Topliss-reactive ketones (excluding diaryl/α,β-unsaturated/α-hetero) is 1. The summed E-state index contributed by atoms with van der Waals surface area (Å²) in [7, 11) is 1.64. The summed E-state index contributed by atoms with van der Waals surface area (Å²) in [4.78, 5) is 14.9. The summed E-state index contributed by atoms with van der Waals surface area (Å²) in [5.41, 5.74) is 0.771. The summed E-state index contributed by atoms with van der Waals surface area (Å²) in [6.45, 7) is 3.82. The van der Waals surface area contributed by atoms with Crippen LogP contribution in [0.25, 0.3) is 0 Å². The van der Waals surface area contributed by atoms with Gasteiger partial charge in [-0.05, 0) is 43.5 Å². The zero-order valence-electron chi connectivity index (χ0n) is 13.4. The molecule has 1 aromatic rings. The first kappa shape index (κ1) is 15.1. The van der Waals surface area contributed by atoms with E-state index >= 15 is 0 Å². The predicted octanol–water partition coefficient (Wildman–Crippen LogP) is 2.57. The van der Waals surface area contributed by atoms with Crippen molar-refractivity contribution < 1.29 is 14.1 Å². The van der Waals surface area contributed by atoms with Gasteiger partial charge in [0.25, 0.3) is 0 Å². The Labute approximate surface area is 132 Å². The molecular weight excluding hydrogens is 276 g/mol. The number of carbonyl (C=O) groups excluding carboxylic acids is 1. The maximum atomic E-state index is 12.6. The van der Waals surface area contributed by atoms with Crippen LogP contribution in [0, 0.1) is 0 Å².